The summed E-state index contributed by atoms with van der Waals surface area (Å²) in [6.07, 6.45) is 0. The number of anilines is 1. The Balaban J connectivity index is 1.57. The first kappa shape index (κ1) is 15.7. The lowest BCUT2D eigenvalue weighted by Crippen LogP contribution is -2.30. The quantitative estimate of drug-likeness (QED) is 0.542. The molecule has 0 atom stereocenters. The molecule has 0 bridgehead atoms. The number of rotatable bonds is 5. The maximum Gasteiger partial charge on any atom is 0.248 e. The Kier molecular flexibility index (Phi) is 4.73. The summed E-state index contributed by atoms with van der Waals surface area (Å²) in [5.41, 5.74) is 5.18. The van der Waals surface area contributed by atoms with Gasteiger partial charge in [0.15, 0.2) is 5.82 Å². The number of carbonyl (C=O) groups is 1. The summed E-state index contributed by atoms with van der Waals surface area (Å²) in [5.74, 6) is -1.40. The highest BCUT2D eigenvalue weighted by Crippen LogP contribution is 2.28. The highest BCUT2D eigenvalue weighted by Gasteiger charge is 2.11. The summed E-state index contributed by atoms with van der Waals surface area (Å²) < 4.78 is 27.1. The zero-order chi connectivity index (χ0) is 16.2. The molecule has 0 radical (unpaired) electrons. The van der Waals surface area contributed by atoms with E-state index in [1.165, 1.54) is 17.8 Å². The molecule has 4 nitrogen and oxygen atoms in total. The highest BCUT2D eigenvalue weighted by molar-refractivity contribution is 8.00. The van der Waals surface area contributed by atoms with E-state index in [-0.39, 0.29) is 17.2 Å². The molecule has 1 amide bonds. The molecule has 1 aromatic heterocycles. The Morgan fingerprint density at radius 2 is 2.00 bits per heavy atom. The second-order valence-corrected chi connectivity index (χ2v) is 6.61. The lowest BCUT2D eigenvalue weighted by molar-refractivity contribution is -0.118. The summed E-state index contributed by atoms with van der Waals surface area (Å²) >= 11 is 2.45. The number of carbonyl (C=O) groups excluding carboxylic acids is 1. The minimum atomic E-state index is -0.727. The summed E-state index contributed by atoms with van der Waals surface area (Å²) in [6, 6.07) is 11.5. The highest BCUT2D eigenvalue weighted by atomic mass is 32.2. The van der Waals surface area contributed by atoms with Crippen LogP contribution in [0, 0.1) is 11.6 Å². The Hall–Kier alpha value is -2.19. The fraction of sp³-hybridized carbons (Fsp3) is 0.0667. The Bertz CT molecular complexity index is 839. The molecule has 1 heterocycles. The molecule has 3 aromatic rings. The van der Waals surface area contributed by atoms with Crippen molar-refractivity contribution in [1.29, 1.82) is 0 Å². The van der Waals surface area contributed by atoms with Crippen LogP contribution in [-0.4, -0.2) is 16.6 Å². The fourth-order valence-electron chi connectivity index (χ4n) is 1.84. The van der Waals surface area contributed by atoms with Gasteiger partial charge in [-0.25, -0.2) is 13.8 Å². The number of nitrogens with zero attached hydrogens (tertiary/aromatic N) is 1. The molecule has 0 spiro atoms. The molecule has 3 rings (SSSR count). The maximum atomic E-state index is 13.6. The lowest BCUT2D eigenvalue weighted by Gasteiger charge is -2.05. The molecule has 2 N–H and O–H groups in total. The first-order valence-corrected chi connectivity index (χ1v) is 8.40. The smallest absolute Gasteiger partial charge is 0.248 e. The molecule has 0 fully saturated rings. The SMILES string of the molecule is O=C(CSc1ccccc1)NNc1nc2c(F)cc(F)cc2s1. The average molecular weight is 351 g/mol. The van der Waals surface area contributed by atoms with Crippen LogP contribution in [0.4, 0.5) is 13.9 Å². The third-order valence-corrected chi connectivity index (χ3v) is 4.77. The zero-order valence-corrected chi connectivity index (χ0v) is 13.3. The van der Waals surface area contributed by atoms with E-state index in [0.29, 0.717) is 9.83 Å². The van der Waals surface area contributed by atoms with Crippen molar-refractivity contribution in [2.45, 2.75) is 4.90 Å². The first-order valence-electron chi connectivity index (χ1n) is 6.60. The van der Waals surface area contributed by atoms with Crippen LogP contribution in [0.1, 0.15) is 0 Å². The van der Waals surface area contributed by atoms with Crippen LogP contribution >= 0.6 is 23.1 Å². The molecule has 23 heavy (non-hydrogen) atoms. The van der Waals surface area contributed by atoms with Gasteiger partial charge in [0, 0.05) is 11.0 Å². The summed E-state index contributed by atoms with van der Waals surface area (Å²) in [7, 11) is 0. The van der Waals surface area contributed by atoms with Gasteiger partial charge in [-0.05, 0) is 18.2 Å². The van der Waals surface area contributed by atoms with Crippen molar-refractivity contribution in [2.24, 2.45) is 0 Å². The van der Waals surface area contributed by atoms with Gasteiger partial charge < -0.3 is 0 Å². The normalized spacial score (nSPS) is 10.7. The Morgan fingerprint density at radius 1 is 1.22 bits per heavy atom. The van der Waals surface area contributed by atoms with Crippen LogP contribution in [-0.2, 0) is 4.79 Å². The van der Waals surface area contributed by atoms with E-state index in [2.05, 4.69) is 15.8 Å². The van der Waals surface area contributed by atoms with Gasteiger partial charge in [0.1, 0.15) is 11.3 Å². The molecule has 0 unspecified atom stereocenters. The number of thioether (sulfide) groups is 1. The first-order chi connectivity index (χ1) is 11.1. The van der Waals surface area contributed by atoms with Crippen LogP contribution in [0.5, 0.6) is 0 Å². The monoisotopic (exact) mass is 351 g/mol. The number of nitrogens with one attached hydrogen (secondary N) is 2. The van der Waals surface area contributed by atoms with Gasteiger partial charge in [-0.15, -0.1) is 11.8 Å². The van der Waals surface area contributed by atoms with Crippen molar-refractivity contribution in [3.63, 3.8) is 0 Å². The van der Waals surface area contributed by atoms with E-state index in [4.69, 9.17) is 0 Å². The van der Waals surface area contributed by atoms with Crippen molar-refractivity contribution >= 4 is 44.4 Å². The summed E-state index contributed by atoms with van der Waals surface area (Å²) in [5, 5.41) is 0.294. The topological polar surface area (TPSA) is 54.0 Å². The van der Waals surface area contributed by atoms with Crippen LogP contribution in [0.2, 0.25) is 0 Å². The number of aromatic nitrogens is 1. The molecule has 0 aliphatic carbocycles. The molecule has 0 saturated carbocycles. The minimum absolute atomic E-state index is 0.0757. The third-order valence-electron chi connectivity index (χ3n) is 2.84. The number of hydrogen-bond donors (Lipinski definition) is 2. The molecule has 0 aliphatic rings. The predicted molar refractivity (Wildman–Crippen MR) is 88.5 cm³/mol. The number of hydrogen-bond acceptors (Lipinski definition) is 5. The number of thiazole rings is 1. The van der Waals surface area contributed by atoms with E-state index in [1.54, 1.807) is 0 Å². The van der Waals surface area contributed by atoms with Gasteiger partial charge in [0.05, 0.1) is 10.5 Å². The van der Waals surface area contributed by atoms with Gasteiger partial charge in [-0.1, -0.05) is 29.5 Å². The van der Waals surface area contributed by atoms with Gasteiger partial charge in [0.2, 0.25) is 11.0 Å². The second kappa shape index (κ2) is 6.93. The van der Waals surface area contributed by atoms with Crippen LogP contribution in [0.3, 0.4) is 0 Å². The maximum absolute atomic E-state index is 13.6. The van der Waals surface area contributed by atoms with Crippen molar-refractivity contribution in [3.8, 4) is 0 Å². The van der Waals surface area contributed by atoms with Crippen molar-refractivity contribution in [2.75, 3.05) is 11.2 Å². The van der Waals surface area contributed by atoms with Crippen LogP contribution < -0.4 is 10.9 Å². The van der Waals surface area contributed by atoms with Crippen molar-refractivity contribution < 1.29 is 13.6 Å². The standard InChI is InChI=1S/C15H11F2N3OS2/c16-9-6-11(17)14-12(7-9)23-15(18-14)20-19-13(21)8-22-10-4-2-1-3-5-10/h1-7H,8H2,(H,18,20)(H,19,21). The van der Waals surface area contributed by atoms with Crippen molar-refractivity contribution in [3.05, 3.63) is 54.1 Å². The van der Waals surface area contributed by atoms with Gasteiger partial charge >= 0.3 is 0 Å². The molecule has 118 valence electrons. The van der Waals surface area contributed by atoms with E-state index in [9.17, 15) is 13.6 Å². The Labute approximate surface area is 138 Å². The largest absolute Gasteiger partial charge is 0.273 e. The molecule has 2 aromatic carbocycles. The number of benzene rings is 2. The third kappa shape index (κ3) is 3.96. The second-order valence-electron chi connectivity index (χ2n) is 4.53. The van der Waals surface area contributed by atoms with E-state index < -0.39 is 11.6 Å². The number of amides is 1. The Morgan fingerprint density at radius 3 is 2.78 bits per heavy atom. The number of halogens is 2. The minimum Gasteiger partial charge on any atom is -0.273 e. The zero-order valence-electron chi connectivity index (χ0n) is 11.7. The lowest BCUT2D eigenvalue weighted by atomic mass is 10.3. The fourth-order valence-corrected chi connectivity index (χ4v) is 3.41. The molecule has 0 aliphatic heterocycles. The average Bonchev–Trinajstić information content (AvgIpc) is 2.95. The molecular weight excluding hydrogens is 340 g/mol. The van der Waals surface area contributed by atoms with E-state index >= 15 is 0 Å². The van der Waals surface area contributed by atoms with Crippen LogP contribution in [0.25, 0.3) is 10.2 Å². The summed E-state index contributed by atoms with van der Waals surface area (Å²) in [6.45, 7) is 0. The number of hydrazine groups is 1. The van der Waals surface area contributed by atoms with Gasteiger partial charge in [-0.2, -0.15) is 0 Å². The van der Waals surface area contributed by atoms with Gasteiger partial charge in [0.25, 0.3) is 0 Å². The van der Waals surface area contributed by atoms with Gasteiger partial charge in [-0.3, -0.25) is 15.6 Å². The van der Waals surface area contributed by atoms with Crippen LogP contribution in [0.15, 0.2) is 47.4 Å². The molecule has 0 saturated heterocycles. The predicted octanol–water partition coefficient (Wildman–Crippen LogP) is 3.81. The van der Waals surface area contributed by atoms with Crippen molar-refractivity contribution in [1.82, 2.24) is 10.4 Å². The molecular formula is C15H11F2N3OS2. The van der Waals surface area contributed by atoms with E-state index in [1.807, 2.05) is 30.3 Å². The van der Waals surface area contributed by atoms with E-state index in [0.717, 1.165) is 22.3 Å². The molecule has 8 heteroatoms. The number of fused-ring (bicyclic) bond motifs is 1. The summed E-state index contributed by atoms with van der Waals surface area (Å²) in [4.78, 5) is 16.7.